The van der Waals surface area contributed by atoms with E-state index in [-0.39, 0.29) is 24.1 Å². The van der Waals surface area contributed by atoms with E-state index in [0.717, 1.165) is 5.56 Å². The number of phenols is 1. The van der Waals surface area contributed by atoms with E-state index in [9.17, 15) is 9.90 Å². The van der Waals surface area contributed by atoms with Gasteiger partial charge in [0.25, 0.3) is 0 Å². The van der Waals surface area contributed by atoms with Gasteiger partial charge in [-0.05, 0) is 25.5 Å². The van der Waals surface area contributed by atoms with Gasteiger partial charge in [-0.3, -0.25) is 4.79 Å². The first kappa shape index (κ1) is 13.9. The second-order valence-corrected chi connectivity index (χ2v) is 4.41. The largest absolute Gasteiger partial charge is 0.508 e. The van der Waals surface area contributed by atoms with Gasteiger partial charge in [-0.2, -0.15) is 0 Å². The van der Waals surface area contributed by atoms with E-state index >= 15 is 0 Å². The second kappa shape index (κ2) is 5.60. The van der Waals surface area contributed by atoms with Gasteiger partial charge in [0.1, 0.15) is 18.6 Å². The zero-order valence-corrected chi connectivity index (χ0v) is 11.4. The molecule has 0 aliphatic rings. The van der Waals surface area contributed by atoms with Crippen LogP contribution < -0.4 is 10.6 Å². The Morgan fingerprint density at radius 1 is 1.50 bits per heavy atom. The standard InChI is InChI=1S/C13H17N5O2/c1-3-18(11-6-10(19)5-4-9(11)2)12(20)7-17-8-15-13(14)16-17/h4-6,8,19H,3,7H2,1-2H3,(H2,14,16). The number of carbonyl (C=O) groups is 1. The van der Waals surface area contributed by atoms with Crippen molar-refractivity contribution in [2.45, 2.75) is 20.4 Å². The smallest absolute Gasteiger partial charge is 0.248 e. The Balaban J connectivity index is 2.23. The monoisotopic (exact) mass is 275 g/mol. The molecule has 20 heavy (non-hydrogen) atoms. The first-order chi connectivity index (χ1) is 9.51. The molecule has 0 bridgehead atoms. The van der Waals surface area contributed by atoms with Gasteiger partial charge in [-0.1, -0.05) is 6.07 Å². The lowest BCUT2D eigenvalue weighted by Gasteiger charge is -2.23. The highest BCUT2D eigenvalue weighted by Gasteiger charge is 2.17. The minimum absolute atomic E-state index is 0.0487. The van der Waals surface area contributed by atoms with E-state index in [1.807, 2.05) is 13.8 Å². The Morgan fingerprint density at radius 3 is 2.85 bits per heavy atom. The zero-order chi connectivity index (χ0) is 14.7. The highest BCUT2D eigenvalue weighted by atomic mass is 16.3. The maximum Gasteiger partial charge on any atom is 0.248 e. The predicted molar refractivity (Wildman–Crippen MR) is 75.3 cm³/mol. The molecule has 1 aromatic heterocycles. The minimum atomic E-state index is -0.147. The van der Waals surface area contributed by atoms with E-state index in [1.54, 1.807) is 23.1 Å². The summed E-state index contributed by atoms with van der Waals surface area (Å²) in [6.07, 6.45) is 1.41. The van der Waals surface area contributed by atoms with Crippen molar-refractivity contribution in [1.82, 2.24) is 14.8 Å². The van der Waals surface area contributed by atoms with Gasteiger partial charge in [0.15, 0.2) is 0 Å². The topological polar surface area (TPSA) is 97.3 Å². The number of carbonyl (C=O) groups excluding carboxylic acids is 1. The van der Waals surface area contributed by atoms with Crippen LogP contribution in [-0.4, -0.2) is 32.3 Å². The number of likely N-dealkylation sites (N-methyl/N-ethyl adjacent to an activating group) is 1. The molecule has 0 atom stereocenters. The number of phenolic OH excluding ortho intramolecular Hbond substituents is 1. The Morgan fingerprint density at radius 2 is 2.25 bits per heavy atom. The van der Waals surface area contributed by atoms with Crippen molar-refractivity contribution in [3.8, 4) is 5.75 Å². The second-order valence-electron chi connectivity index (χ2n) is 4.41. The summed E-state index contributed by atoms with van der Waals surface area (Å²) >= 11 is 0. The third-order valence-electron chi connectivity index (χ3n) is 2.95. The van der Waals surface area contributed by atoms with E-state index in [0.29, 0.717) is 12.2 Å². The number of anilines is 2. The van der Waals surface area contributed by atoms with E-state index in [2.05, 4.69) is 10.1 Å². The summed E-state index contributed by atoms with van der Waals surface area (Å²) in [5, 5.41) is 13.5. The highest BCUT2D eigenvalue weighted by Crippen LogP contribution is 2.25. The van der Waals surface area contributed by atoms with E-state index in [4.69, 9.17) is 5.73 Å². The quantitative estimate of drug-likeness (QED) is 0.865. The van der Waals surface area contributed by atoms with Crippen molar-refractivity contribution < 1.29 is 9.90 Å². The Hall–Kier alpha value is -2.57. The number of nitrogens with zero attached hydrogens (tertiary/aromatic N) is 4. The molecular weight excluding hydrogens is 258 g/mol. The van der Waals surface area contributed by atoms with Crippen molar-refractivity contribution in [1.29, 1.82) is 0 Å². The lowest BCUT2D eigenvalue weighted by atomic mass is 10.1. The molecule has 0 saturated carbocycles. The number of benzene rings is 1. The SMILES string of the molecule is CCN(C(=O)Cn1cnc(N)n1)c1cc(O)ccc1C. The van der Waals surface area contributed by atoms with Crippen LogP contribution in [0.15, 0.2) is 24.5 Å². The van der Waals surface area contributed by atoms with Gasteiger partial charge >= 0.3 is 0 Å². The first-order valence-electron chi connectivity index (χ1n) is 6.26. The Labute approximate surface area is 116 Å². The van der Waals surface area contributed by atoms with Crippen LogP contribution in [0.25, 0.3) is 0 Å². The fraction of sp³-hybridized carbons (Fsp3) is 0.308. The van der Waals surface area contributed by atoms with E-state index < -0.39 is 0 Å². The molecule has 2 aromatic rings. The fourth-order valence-electron chi connectivity index (χ4n) is 1.98. The van der Waals surface area contributed by atoms with Crippen LogP contribution >= 0.6 is 0 Å². The van der Waals surface area contributed by atoms with Crippen LogP contribution in [0, 0.1) is 6.92 Å². The third kappa shape index (κ3) is 2.87. The fourth-order valence-corrected chi connectivity index (χ4v) is 1.98. The van der Waals surface area contributed by atoms with Gasteiger partial charge < -0.3 is 15.7 Å². The molecule has 7 heteroatoms. The maximum atomic E-state index is 12.3. The summed E-state index contributed by atoms with van der Waals surface area (Å²) in [5.74, 6) is 0.113. The molecular formula is C13H17N5O2. The molecule has 0 unspecified atom stereocenters. The van der Waals surface area contributed by atoms with Gasteiger partial charge in [0.2, 0.25) is 11.9 Å². The summed E-state index contributed by atoms with van der Waals surface area (Å²) in [7, 11) is 0. The van der Waals surface area contributed by atoms with Gasteiger partial charge in [0, 0.05) is 12.6 Å². The molecule has 0 saturated heterocycles. The summed E-state index contributed by atoms with van der Waals surface area (Å²) in [5.41, 5.74) is 7.02. The van der Waals surface area contributed by atoms with Crippen molar-refractivity contribution in [2.24, 2.45) is 0 Å². The molecule has 1 heterocycles. The van der Waals surface area contributed by atoms with Gasteiger partial charge in [0.05, 0.1) is 5.69 Å². The lowest BCUT2D eigenvalue weighted by molar-refractivity contribution is -0.119. The normalized spacial score (nSPS) is 10.5. The van der Waals surface area contributed by atoms with Crippen molar-refractivity contribution in [2.75, 3.05) is 17.2 Å². The van der Waals surface area contributed by atoms with Crippen molar-refractivity contribution >= 4 is 17.5 Å². The number of nitrogens with two attached hydrogens (primary N) is 1. The Bertz CT molecular complexity index is 623. The molecule has 0 fully saturated rings. The van der Waals surface area contributed by atoms with Crippen LogP contribution in [0.2, 0.25) is 0 Å². The minimum Gasteiger partial charge on any atom is -0.508 e. The average molecular weight is 275 g/mol. The molecule has 2 rings (SSSR count). The molecule has 3 N–H and O–H groups in total. The number of hydrogen-bond donors (Lipinski definition) is 2. The highest BCUT2D eigenvalue weighted by molar-refractivity contribution is 5.94. The number of amides is 1. The Kier molecular flexibility index (Phi) is 3.88. The molecule has 1 aromatic carbocycles. The maximum absolute atomic E-state index is 12.3. The molecule has 7 nitrogen and oxygen atoms in total. The van der Waals surface area contributed by atoms with Gasteiger partial charge in [-0.15, -0.1) is 5.10 Å². The van der Waals surface area contributed by atoms with Crippen molar-refractivity contribution in [3.05, 3.63) is 30.1 Å². The molecule has 0 spiro atoms. The van der Waals surface area contributed by atoms with E-state index in [1.165, 1.54) is 11.0 Å². The molecule has 0 radical (unpaired) electrons. The van der Waals surface area contributed by atoms with Crippen LogP contribution in [0.4, 0.5) is 11.6 Å². The molecule has 106 valence electrons. The summed E-state index contributed by atoms with van der Waals surface area (Å²) in [6.45, 7) is 4.30. The predicted octanol–water partition coefficient (Wildman–Crippen LogP) is 0.927. The number of aromatic nitrogens is 3. The van der Waals surface area contributed by atoms with Crippen LogP contribution in [0.1, 0.15) is 12.5 Å². The lowest BCUT2D eigenvalue weighted by Crippen LogP contribution is -2.34. The molecule has 1 amide bonds. The molecule has 0 aliphatic heterocycles. The van der Waals surface area contributed by atoms with Gasteiger partial charge in [-0.25, -0.2) is 9.67 Å². The molecule has 0 aliphatic carbocycles. The van der Waals surface area contributed by atoms with Crippen LogP contribution in [0.5, 0.6) is 5.75 Å². The number of nitrogen functional groups attached to an aromatic ring is 1. The first-order valence-corrected chi connectivity index (χ1v) is 6.26. The average Bonchev–Trinajstić information content (AvgIpc) is 2.80. The third-order valence-corrected chi connectivity index (χ3v) is 2.95. The number of aromatic hydroxyl groups is 1. The number of aryl methyl sites for hydroxylation is 1. The van der Waals surface area contributed by atoms with Crippen LogP contribution in [0.3, 0.4) is 0 Å². The summed E-state index contributed by atoms with van der Waals surface area (Å²) in [4.78, 5) is 17.7. The zero-order valence-electron chi connectivity index (χ0n) is 11.4. The number of hydrogen-bond acceptors (Lipinski definition) is 5. The summed E-state index contributed by atoms with van der Waals surface area (Å²) < 4.78 is 1.39. The number of rotatable bonds is 4. The summed E-state index contributed by atoms with van der Waals surface area (Å²) in [6, 6.07) is 4.94. The van der Waals surface area contributed by atoms with Crippen molar-refractivity contribution in [3.63, 3.8) is 0 Å². The van der Waals surface area contributed by atoms with Crippen LogP contribution in [-0.2, 0) is 11.3 Å².